The molecule has 2 aliphatic heterocycles. The van der Waals surface area contributed by atoms with Crippen molar-refractivity contribution in [2.45, 2.75) is 229 Å². The summed E-state index contributed by atoms with van der Waals surface area (Å²) in [6.07, 6.45) is 19.1. The topological polar surface area (TPSA) is 233 Å². The summed E-state index contributed by atoms with van der Waals surface area (Å²) in [6, 6.07) is 0. The number of rotatable bonds is 35. The first-order valence-electron chi connectivity index (χ1n) is 22.7. The summed E-state index contributed by atoms with van der Waals surface area (Å²) >= 11 is 0. The molecule has 0 aliphatic carbocycles. The summed E-state index contributed by atoms with van der Waals surface area (Å²) in [5.41, 5.74) is 0. The molecule has 1 unspecified atom stereocenters. The highest BCUT2D eigenvalue weighted by molar-refractivity contribution is 5.70. The van der Waals surface area contributed by atoms with Gasteiger partial charge in [-0.1, -0.05) is 135 Å². The Kier molecular flexibility index (Phi) is 28.2. The number of allylic oxidation sites excluding steroid dienone is 2. The summed E-state index contributed by atoms with van der Waals surface area (Å²) in [5, 5.41) is 80.5. The molecule has 0 amide bonds. The van der Waals surface area contributed by atoms with Gasteiger partial charge in [0, 0.05) is 6.42 Å². The minimum absolute atomic E-state index is 0.0837. The molecule has 58 heavy (non-hydrogen) atoms. The maximum Gasteiger partial charge on any atom is 0.306 e. The molecule has 0 aromatic carbocycles. The first-order valence-corrected chi connectivity index (χ1v) is 22.7. The molecule has 2 heterocycles. The lowest BCUT2D eigenvalue weighted by Gasteiger charge is -2.43. The van der Waals surface area contributed by atoms with Crippen molar-refractivity contribution >= 4 is 11.9 Å². The summed E-state index contributed by atoms with van der Waals surface area (Å²) < 4.78 is 21.9. The van der Waals surface area contributed by atoms with Gasteiger partial charge in [-0.25, -0.2) is 0 Å². The van der Waals surface area contributed by atoms with Crippen molar-refractivity contribution in [3.05, 3.63) is 12.2 Å². The quantitative estimate of drug-likeness (QED) is 0.0222. The van der Waals surface area contributed by atoms with E-state index in [1.807, 2.05) is 0 Å². The fourth-order valence-electron chi connectivity index (χ4n) is 7.80. The molecule has 340 valence electrons. The Morgan fingerprint density at radius 3 is 1.59 bits per heavy atom. The molecule has 14 heteroatoms. The number of hydrogen-bond acceptors (Lipinski definition) is 13. The van der Waals surface area contributed by atoms with Gasteiger partial charge in [0.05, 0.1) is 19.1 Å². The van der Waals surface area contributed by atoms with Crippen LogP contribution >= 0.6 is 0 Å². The van der Waals surface area contributed by atoms with Gasteiger partial charge in [0.15, 0.2) is 6.29 Å². The first kappa shape index (κ1) is 52.4. The lowest BCUT2D eigenvalue weighted by molar-refractivity contribution is -0.383. The number of ether oxygens (including phenoxy) is 4. The van der Waals surface area contributed by atoms with Gasteiger partial charge in [-0.05, 0) is 44.9 Å². The summed E-state index contributed by atoms with van der Waals surface area (Å²) in [5.74, 6) is -3.70. The predicted octanol–water partition coefficient (Wildman–Crippen LogP) is 5.57. The summed E-state index contributed by atoms with van der Waals surface area (Å²) in [6.45, 7) is 0.0856. The van der Waals surface area contributed by atoms with E-state index in [1.54, 1.807) is 0 Å². The third-order valence-electron chi connectivity index (χ3n) is 11.6. The minimum atomic E-state index is -2.27. The number of esters is 1. The summed E-state index contributed by atoms with van der Waals surface area (Å²) in [7, 11) is 0. The van der Waals surface area contributed by atoms with Crippen LogP contribution in [0.5, 0.6) is 0 Å². The summed E-state index contributed by atoms with van der Waals surface area (Å²) in [4.78, 5) is 24.3. The number of carbonyl (C=O) groups is 2. The molecular formula is C44H80O14. The number of unbranched alkanes of at least 4 members (excludes halogenated alkanes) is 20. The lowest BCUT2D eigenvalue weighted by Crippen LogP contribution is -2.62. The first-order chi connectivity index (χ1) is 28.0. The lowest BCUT2D eigenvalue weighted by atomic mass is 9.94. The van der Waals surface area contributed by atoms with E-state index in [0.29, 0.717) is 6.42 Å². The van der Waals surface area contributed by atoms with Crippen molar-refractivity contribution < 1.29 is 69.4 Å². The second-order valence-electron chi connectivity index (χ2n) is 16.5. The molecule has 0 aromatic rings. The van der Waals surface area contributed by atoms with Crippen molar-refractivity contribution in [2.75, 3.05) is 19.8 Å². The monoisotopic (exact) mass is 833 g/mol. The maximum absolute atomic E-state index is 12.6. The molecule has 2 saturated heterocycles. The Hall–Kier alpha value is -1.72. The average molecular weight is 833 g/mol. The van der Waals surface area contributed by atoms with Gasteiger partial charge in [0.25, 0.3) is 0 Å². The number of carbonyl (C=O) groups excluding carboxylic acids is 1. The van der Waals surface area contributed by atoms with E-state index in [1.165, 1.54) is 70.6 Å². The van der Waals surface area contributed by atoms with E-state index in [-0.39, 0.29) is 12.3 Å². The van der Waals surface area contributed by atoms with Gasteiger partial charge < -0.3 is 59.8 Å². The van der Waals surface area contributed by atoms with Crippen molar-refractivity contribution in [3.8, 4) is 0 Å². The van der Waals surface area contributed by atoms with Crippen LogP contribution in [0.3, 0.4) is 0 Å². The predicted molar refractivity (Wildman–Crippen MR) is 218 cm³/mol. The van der Waals surface area contributed by atoms with E-state index < -0.39 is 86.6 Å². The maximum atomic E-state index is 12.6. The van der Waals surface area contributed by atoms with E-state index in [9.17, 15) is 50.4 Å². The number of hydrogen-bond donors (Lipinski definition) is 8. The molecule has 0 spiro atoms. The Labute approximate surface area is 347 Å². The van der Waals surface area contributed by atoms with Crippen molar-refractivity contribution in [1.82, 2.24) is 0 Å². The van der Waals surface area contributed by atoms with E-state index in [2.05, 4.69) is 19.1 Å². The van der Waals surface area contributed by atoms with Crippen LogP contribution in [-0.4, -0.2) is 127 Å². The highest BCUT2D eigenvalue weighted by Crippen LogP contribution is 2.37. The smallest absolute Gasteiger partial charge is 0.306 e. The Morgan fingerprint density at radius 1 is 0.621 bits per heavy atom. The Morgan fingerprint density at radius 2 is 1.10 bits per heavy atom. The van der Waals surface area contributed by atoms with Crippen LogP contribution in [0.4, 0.5) is 0 Å². The number of aliphatic hydroxyl groups is 7. The second-order valence-corrected chi connectivity index (χ2v) is 16.5. The zero-order valence-corrected chi connectivity index (χ0v) is 35.4. The molecule has 0 saturated carbocycles. The third kappa shape index (κ3) is 19.8. The van der Waals surface area contributed by atoms with Gasteiger partial charge in [0.2, 0.25) is 5.79 Å². The largest absolute Gasteiger partial charge is 0.481 e. The highest BCUT2D eigenvalue weighted by atomic mass is 16.8. The van der Waals surface area contributed by atoms with Crippen LogP contribution < -0.4 is 0 Å². The third-order valence-corrected chi connectivity index (χ3v) is 11.6. The molecule has 2 aliphatic rings. The van der Waals surface area contributed by atoms with E-state index in [0.717, 1.165) is 83.5 Å². The van der Waals surface area contributed by atoms with Gasteiger partial charge in [-0.15, -0.1) is 0 Å². The van der Waals surface area contributed by atoms with E-state index in [4.69, 9.17) is 18.9 Å². The van der Waals surface area contributed by atoms with Gasteiger partial charge in [0.1, 0.15) is 49.3 Å². The standard InChI is InChI=1S/C44H80O14/c1-2-3-4-5-6-7-15-18-21-24-27-33(42(53)54)28-25-22-19-16-13-11-9-8-10-12-14-17-20-23-26-29-36(47)55-32-44(41(52)38(49)35(31-46)57-44)58-43-40(51)39(50)37(48)34(30-45)56-43/h8,10,33-35,37-41,43,45-46,48-52H,2-7,9,11-32H2,1H3,(H,53,54)/b10-8-/t33?,34-,35-,37-,38-,39+,40-,41+,43-,44+/m1/s1. The highest BCUT2D eigenvalue weighted by Gasteiger charge is 2.59. The van der Waals surface area contributed by atoms with Gasteiger partial charge in [-0.2, -0.15) is 0 Å². The Balaban J connectivity index is 1.49. The van der Waals surface area contributed by atoms with Gasteiger partial charge >= 0.3 is 11.9 Å². The molecule has 2 fully saturated rings. The van der Waals surface area contributed by atoms with Crippen LogP contribution in [0.1, 0.15) is 174 Å². The number of carboxylic acid groups (broad SMARTS) is 1. The number of aliphatic carboxylic acids is 1. The van der Waals surface area contributed by atoms with E-state index >= 15 is 0 Å². The van der Waals surface area contributed by atoms with Crippen LogP contribution in [0.2, 0.25) is 0 Å². The number of aliphatic hydroxyl groups excluding tert-OH is 7. The second kappa shape index (κ2) is 31.2. The van der Waals surface area contributed by atoms with Crippen LogP contribution in [-0.2, 0) is 28.5 Å². The average Bonchev–Trinajstić information content (AvgIpc) is 3.45. The van der Waals surface area contributed by atoms with Crippen molar-refractivity contribution in [3.63, 3.8) is 0 Å². The van der Waals surface area contributed by atoms with Crippen LogP contribution in [0.25, 0.3) is 0 Å². The normalized spacial score (nSPS) is 28.0. The molecule has 14 nitrogen and oxygen atoms in total. The zero-order chi connectivity index (χ0) is 42.6. The van der Waals surface area contributed by atoms with Crippen LogP contribution in [0, 0.1) is 5.92 Å². The fraction of sp³-hybridized carbons (Fsp3) is 0.909. The molecule has 2 rings (SSSR count). The molecule has 0 aromatic heterocycles. The SMILES string of the molecule is CCCCCCCCCCCCC(CCCCCCCC/C=C\CCCCCCCC(=O)OC[C@@]1(O[C@H]2O[C@H](CO)[C@@H](O)[C@H](O)[C@H]2O)O[C@H](CO)[C@@H](O)[C@@H]1O)C(=O)O. The molecule has 8 N–H and O–H groups in total. The van der Waals surface area contributed by atoms with Crippen LogP contribution in [0.15, 0.2) is 12.2 Å². The minimum Gasteiger partial charge on any atom is -0.481 e. The molecule has 10 atom stereocenters. The molecule has 0 bridgehead atoms. The Bertz CT molecular complexity index is 1090. The van der Waals surface area contributed by atoms with Gasteiger partial charge in [-0.3, -0.25) is 9.59 Å². The number of carboxylic acids is 1. The van der Waals surface area contributed by atoms with Crippen molar-refractivity contribution in [1.29, 1.82) is 0 Å². The fourth-order valence-corrected chi connectivity index (χ4v) is 7.80. The zero-order valence-electron chi connectivity index (χ0n) is 35.4. The molecular weight excluding hydrogens is 752 g/mol. The van der Waals surface area contributed by atoms with Crippen molar-refractivity contribution in [2.24, 2.45) is 5.92 Å². The molecule has 0 radical (unpaired) electrons.